The summed E-state index contributed by atoms with van der Waals surface area (Å²) in [5.41, 5.74) is 1.36. The van der Waals surface area contributed by atoms with Crippen LogP contribution in [0, 0.1) is 23.7 Å². The zero-order valence-electron chi connectivity index (χ0n) is 5.25. The fourth-order valence-corrected chi connectivity index (χ4v) is 3.01. The smallest absolute Gasteiger partial charge is 0.0642 e. The molecule has 0 saturated heterocycles. The van der Waals surface area contributed by atoms with Crippen molar-refractivity contribution in [2.45, 2.75) is 12.5 Å². The Balaban J connectivity index is 2.16. The van der Waals surface area contributed by atoms with Crippen LogP contribution in [-0.2, 0) is 0 Å². The molecule has 0 amide bonds. The van der Waals surface area contributed by atoms with Gasteiger partial charge in [-0.1, -0.05) is 12.2 Å². The maximum Gasteiger partial charge on any atom is 0.0642 e. The molecule has 4 saturated carbocycles. The van der Waals surface area contributed by atoms with Crippen molar-refractivity contribution < 1.29 is 5.11 Å². The van der Waals surface area contributed by atoms with Crippen LogP contribution >= 0.6 is 0 Å². The van der Waals surface area contributed by atoms with Crippen molar-refractivity contribution in [3.63, 3.8) is 0 Å². The highest BCUT2D eigenvalue weighted by Crippen LogP contribution is 2.72. The fraction of sp³-hybridized carbons (Fsp3) is 0.750. The third-order valence-electron chi connectivity index (χ3n) is 3.47. The lowest BCUT2D eigenvalue weighted by atomic mass is 10.1. The van der Waals surface area contributed by atoms with Gasteiger partial charge in [0.05, 0.1) is 6.10 Å². The van der Waals surface area contributed by atoms with E-state index in [2.05, 4.69) is 6.58 Å². The van der Waals surface area contributed by atoms with Gasteiger partial charge in [-0.15, -0.1) is 0 Å². The minimum Gasteiger partial charge on any atom is -0.392 e. The molecule has 0 unspecified atom stereocenters. The highest BCUT2D eigenvalue weighted by Gasteiger charge is 2.70. The average Bonchev–Trinajstić information content (AvgIpc) is 2.18. The second kappa shape index (κ2) is 0.988. The second-order valence-corrected chi connectivity index (χ2v) is 3.67. The molecule has 48 valence electrons. The van der Waals surface area contributed by atoms with Gasteiger partial charge in [0.2, 0.25) is 0 Å². The predicted octanol–water partition coefficient (Wildman–Crippen LogP) is 0.799. The lowest BCUT2D eigenvalue weighted by Gasteiger charge is -2.05. The summed E-state index contributed by atoms with van der Waals surface area (Å²) < 4.78 is 0. The molecule has 5 atom stereocenters. The Morgan fingerprint density at radius 3 is 2.44 bits per heavy atom. The van der Waals surface area contributed by atoms with Crippen LogP contribution in [0.15, 0.2) is 12.2 Å². The average molecular weight is 122 g/mol. The number of aliphatic hydroxyl groups is 1. The van der Waals surface area contributed by atoms with Crippen LogP contribution in [0.1, 0.15) is 6.42 Å². The molecule has 0 radical (unpaired) electrons. The van der Waals surface area contributed by atoms with Gasteiger partial charge in [-0.3, -0.25) is 0 Å². The van der Waals surface area contributed by atoms with Crippen molar-refractivity contribution >= 4 is 0 Å². The van der Waals surface area contributed by atoms with E-state index in [1.165, 1.54) is 12.0 Å². The van der Waals surface area contributed by atoms with Gasteiger partial charge in [0.25, 0.3) is 0 Å². The molecule has 1 N–H and O–H groups in total. The Morgan fingerprint density at radius 1 is 1.56 bits per heavy atom. The summed E-state index contributed by atoms with van der Waals surface area (Å²) in [6.45, 7) is 3.99. The van der Waals surface area contributed by atoms with Crippen LogP contribution in [0.5, 0.6) is 0 Å². The molecule has 4 fully saturated rings. The van der Waals surface area contributed by atoms with Crippen molar-refractivity contribution in [2.75, 3.05) is 0 Å². The second-order valence-electron chi connectivity index (χ2n) is 3.67. The van der Waals surface area contributed by atoms with Crippen LogP contribution in [-0.4, -0.2) is 11.2 Å². The third kappa shape index (κ3) is 0.284. The van der Waals surface area contributed by atoms with Gasteiger partial charge in [0.15, 0.2) is 0 Å². The van der Waals surface area contributed by atoms with E-state index in [0.717, 1.165) is 11.8 Å². The fourth-order valence-electron chi connectivity index (χ4n) is 3.01. The molecule has 0 spiro atoms. The lowest BCUT2D eigenvalue weighted by molar-refractivity contribution is 0.143. The summed E-state index contributed by atoms with van der Waals surface area (Å²) >= 11 is 0. The van der Waals surface area contributed by atoms with Crippen molar-refractivity contribution in [1.82, 2.24) is 0 Å². The molecular formula is C8H10O. The molecule has 1 nitrogen and oxygen atoms in total. The van der Waals surface area contributed by atoms with Gasteiger partial charge < -0.3 is 5.11 Å². The monoisotopic (exact) mass is 122 g/mol. The molecule has 4 aliphatic rings. The summed E-state index contributed by atoms with van der Waals surface area (Å²) in [4.78, 5) is 0. The van der Waals surface area contributed by atoms with Crippen LogP contribution in [0.3, 0.4) is 0 Å². The maximum absolute atomic E-state index is 9.46. The van der Waals surface area contributed by atoms with E-state index in [4.69, 9.17) is 0 Å². The number of aliphatic hydroxyl groups excluding tert-OH is 1. The van der Waals surface area contributed by atoms with Gasteiger partial charge in [-0.05, 0) is 24.2 Å². The van der Waals surface area contributed by atoms with Crippen LogP contribution in [0.2, 0.25) is 0 Å². The molecular weight excluding hydrogens is 112 g/mol. The van der Waals surface area contributed by atoms with E-state index in [1.54, 1.807) is 0 Å². The summed E-state index contributed by atoms with van der Waals surface area (Å²) in [5, 5.41) is 9.46. The van der Waals surface area contributed by atoms with Gasteiger partial charge in [-0.2, -0.15) is 0 Å². The first-order valence-corrected chi connectivity index (χ1v) is 3.67. The van der Waals surface area contributed by atoms with E-state index in [0.29, 0.717) is 11.8 Å². The predicted molar refractivity (Wildman–Crippen MR) is 33.7 cm³/mol. The summed E-state index contributed by atoms with van der Waals surface area (Å²) in [6.07, 6.45) is 1.25. The molecule has 0 aromatic carbocycles. The Labute approximate surface area is 54.4 Å². The van der Waals surface area contributed by atoms with Gasteiger partial charge >= 0.3 is 0 Å². The van der Waals surface area contributed by atoms with Crippen molar-refractivity contribution in [2.24, 2.45) is 23.7 Å². The normalized spacial score (nSPS) is 67.2. The first-order chi connectivity index (χ1) is 4.30. The van der Waals surface area contributed by atoms with Gasteiger partial charge in [-0.25, -0.2) is 0 Å². The zero-order chi connectivity index (χ0) is 6.17. The maximum atomic E-state index is 9.46. The Kier molecular flexibility index (Phi) is 0.495. The molecule has 0 heterocycles. The first-order valence-electron chi connectivity index (χ1n) is 3.67. The van der Waals surface area contributed by atoms with Crippen LogP contribution in [0.25, 0.3) is 0 Å². The van der Waals surface area contributed by atoms with Gasteiger partial charge in [0.1, 0.15) is 0 Å². The number of rotatable bonds is 0. The SMILES string of the molecule is C=C1[C@H]2[C@H]3C[C@@H]1[C@H](O)[C@H]32. The zero-order valence-corrected chi connectivity index (χ0v) is 5.25. The summed E-state index contributed by atoms with van der Waals surface area (Å²) in [7, 11) is 0. The Bertz CT molecular complexity index is 197. The van der Waals surface area contributed by atoms with Crippen LogP contribution in [0.4, 0.5) is 0 Å². The quantitative estimate of drug-likeness (QED) is 0.471. The van der Waals surface area contributed by atoms with Gasteiger partial charge in [0, 0.05) is 5.92 Å². The molecule has 0 aliphatic heterocycles. The van der Waals surface area contributed by atoms with Crippen LogP contribution < -0.4 is 0 Å². The number of hydrogen-bond acceptors (Lipinski definition) is 1. The highest BCUT2D eigenvalue weighted by molar-refractivity contribution is 5.36. The standard InChI is InChI=1S/C8H10O/c1-3-4-2-5-6(3)7(5)8(4)9/h4-9H,1-2H2/t4-,5+,6-,7+,8-/m0/s1. The van der Waals surface area contributed by atoms with E-state index in [1.807, 2.05) is 0 Å². The highest BCUT2D eigenvalue weighted by atomic mass is 16.3. The van der Waals surface area contributed by atoms with Crippen molar-refractivity contribution in [3.8, 4) is 0 Å². The van der Waals surface area contributed by atoms with Crippen molar-refractivity contribution in [3.05, 3.63) is 12.2 Å². The first kappa shape index (κ1) is 4.51. The summed E-state index contributed by atoms with van der Waals surface area (Å²) in [6, 6.07) is 0. The molecule has 0 aromatic heterocycles. The minimum absolute atomic E-state index is 0.00694. The van der Waals surface area contributed by atoms with Crippen molar-refractivity contribution in [1.29, 1.82) is 0 Å². The number of hydrogen-bond donors (Lipinski definition) is 1. The van der Waals surface area contributed by atoms with E-state index in [-0.39, 0.29) is 6.10 Å². The Hall–Kier alpha value is -0.300. The lowest BCUT2D eigenvalue weighted by Crippen LogP contribution is -2.10. The Morgan fingerprint density at radius 2 is 2.33 bits per heavy atom. The van der Waals surface area contributed by atoms with E-state index < -0.39 is 0 Å². The molecule has 4 aliphatic carbocycles. The molecule has 4 bridgehead atoms. The molecule has 4 rings (SSSR count). The topological polar surface area (TPSA) is 20.2 Å². The van der Waals surface area contributed by atoms with E-state index in [9.17, 15) is 5.11 Å². The minimum atomic E-state index is 0.00694. The largest absolute Gasteiger partial charge is 0.392 e. The van der Waals surface area contributed by atoms with E-state index >= 15 is 0 Å². The molecule has 9 heavy (non-hydrogen) atoms. The third-order valence-corrected chi connectivity index (χ3v) is 3.47. The summed E-state index contributed by atoms with van der Waals surface area (Å²) in [5.74, 6) is 2.77. The molecule has 1 heteroatoms. The molecule has 0 aromatic rings.